The number of hydrogen-bond donors (Lipinski definition) is 1. The van der Waals surface area contributed by atoms with E-state index >= 15 is 0 Å². The molecular formula is C16H25BrN4O2S. The fraction of sp³-hybridized carbons (Fsp3) is 0.625. The Hall–Kier alpha value is -1.12. The molecule has 1 fully saturated rings. The Kier molecular flexibility index (Phi) is 7.51. The molecule has 0 radical (unpaired) electrons. The first-order valence-electron chi connectivity index (χ1n) is 7.97. The lowest BCUT2D eigenvalue weighted by Crippen LogP contribution is -2.41. The van der Waals surface area contributed by atoms with Gasteiger partial charge < -0.3 is 19.9 Å². The Balaban J connectivity index is 1.98. The molecule has 1 unspecified atom stereocenters. The molecule has 1 saturated heterocycles. The van der Waals surface area contributed by atoms with E-state index in [0.717, 1.165) is 42.5 Å². The van der Waals surface area contributed by atoms with Crippen LogP contribution in [-0.4, -0.2) is 69.1 Å². The van der Waals surface area contributed by atoms with Crippen molar-refractivity contribution in [2.75, 3.05) is 47.4 Å². The third-order valence-corrected chi connectivity index (χ3v) is 5.43. The number of amides is 1. The van der Waals surface area contributed by atoms with Crippen LogP contribution in [0.2, 0.25) is 0 Å². The van der Waals surface area contributed by atoms with E-state index in [1.54, 1.807) is 30.3 Å². The minimum atomic E-state index is -0.00855. The van der Waals surface area contributed by atoms with Crippen molar-refractivity contribution in [1.82, 2.24) is 15.1 Å². The second-order valence-corrected chi connectivity index (χ2v) is 8.65. The third-order valence-electron chi connectivity index (χ3n) is 3.82. The number of nitrogens with zero attached hydrogens (tertiary/aromatic N) is 3. The molecule has 2 heterocycles. The average molecular weight is 417 g/mol. The maximum atomic E-state index is 11.8. The highest BCUT2D eigenvalue weighted by molar-refractivity contribution is 9.11. The smallest absolute Gasteiger partial charge is 0.243 e. The van der Waals surface area contributed by atoms with Gasteiger partial charge in [0.25, 0.3) is 0 Å². The molecule has 6 nitrogen and oxygen atoms in total. The Labute approximate surface area is 156 Å². The monoisotopic (exact) mass is 416 g/mol. The zero-order valence-electron chi connectivity index (χ0n) is 14.4. The first-order valence-corrected chi connectivity index (χ1v) is 9.58. The van der Waals surface area contributed by atoms with Crippen LogP contribution >= 0.6 is 27.3 Å². The molecule has 0 saturated carbocycles. The Morgan fingerprint density at radius 1 is 1.46 bits per heavy atom. The molecule has 8 heteroatoms. The quantitative estimate of drug-likeness (QED) is 0.569. The van der Waals surface area contributed by atoms with Crippen LogP contribution in [0.4, 0.5) is 0 Å². The molecule has 2 rings (SSSR count). The van der Waals surface area contributed by atoms with E-state index in [0.29, 0.717) is 5.92 Å². The largest absolute Gasteiger partial charge is 0.381 e. The average Bonchev–Trinajstić information content (AvgIpc) is 3.18. The van der Waals surface area contributed by atoms with Crippen LogP contribution in [0.25, 0.3) is 0 Å². The van der Waals surface area contributed by atoms with Crippen molar-refractivity contribution in [3.63, 3.8) is 0 Å². The van der Waals surface area contributed by atoms with E-state index in [9.17, 15) is 4.79 Å². The Morgan fingerprint density at radius 3 is 2.83 bits per heavy atom. The topological polar surface area (TPSA) is 57.2 Å². The lowest BCUT2D eigenvalue weighted by atomic mass is 10.1. The first kappa shape index (κ1) is 19.2. The van der Waals surface area contributed by atoms with Crippen LogP contribution in [0.5, 0.6) is 0 Å². The van der Waals surface area contributed by atoms with Crippen molar-refractivity contribution in [1.29, 1.82) is 0 Å². The highest BCUT2D eigenvalue weighted by Gasteiger charge is 2.17. The minimum absolute atomic E-state index is 0.00855. The number of carbonyl (C=O) groups is 1. The van der Waals surface area contributed by atoms with Crippen LogP contribution in [0.15, 0.2) is 20.9 Å². The molecule has 0 bridgehead atoms. The van der Waals surface area contributed by atoms with Crippen LogP contribution < -0.4 is 5.32 Å². The fourth-order valence-electron chi connectivity index (χ4n) is 2.32. The molecule has 0 spiro atoms. The lowest BCUT2D eigenvalue weighted by Gasteiger charge is -2.23. The lowest BCUT2D eigenvalue weighted by molar-refractivity contribution is -0.127. The molecule has 1 aromatic rings. The van der Waals surface area contributed by atoms with Gasteiger partial charge in [0.05, 0.1) is 16.9 Å². The number of hydrogen-bond acceptors (Lipinski definition) is 4. The molecule has 1 aliphatic heterocycles. The van der Waals surface area contributed by atoms with Crippen molar-refractivity contribution < 1.29 is 9.53 Å². The van der Waals surface area contributed by atoms with Crippen molar-refractivity contribution in [2.45, 2.75) is 13.0 Å². The summed E-state index contributed by atoms with van der Waals surface area (Å²) in [7, 11) is 5.48. The summed E-state index contributed by atoms with van der Waals surface area (Å²) in [6.07, 6.45) is 1.07. The summed E-state index contributed by atoms with van der Waals surface area (Å²) < 4.78 is 6.53. The molecule has 1 N–H and O–H groups in total. The SMILES string of the molecule is CN(C)C(=O)CN=C(NCC1CCOC1)N(C)Cc1ccc(Br)s1. The molecule has 134 valence electrons. The van der Waals surface area contributed by atoms with Crippen LogP contribution in [0.3, 0.4) is 0 Å². The summed E-state index contributed by atoms with van der Waals surface area (Å²) in [6.45, 7) is 3.33. The zero-order chi connectivity index (χ0) is 17.5. The summed E-state index contributed by atoms with van der Waals surface area (Å²) in [5, 5.41) is 3.40. The summed E-state index contributed by atoms with van der Waals surface area (Å²) in [6, 6.07) is 4.14. The van der Waals surface area contributed by atoms with E-state index < -0.39 is 0 Å². The van der Waals surface area contributed by atoms with Gasteiger partial charge in [-0.2, -0.15) is 0 Å². The van der Waals surface area contributed by atoms with E-state index in [-0.39, 0.29) is 12.5 Å². The number of rotatable bonds is 6. The normalized spacial score (nSPS) is 17.8. The van der Waals surface area contributed by atoms with E-state index in [4.69, 9.17) is 4.74 Å². The number of guanidine groups is 1. The summed E-state index contributed by atoms with van der Waals surface area (Å²) in [4.78, 5) is 21.2. The highest BCUT2D eigenvalue weighted by Crippen LogP contribution is 2.23. The Morgan fingerprint density at radius 2 is 2.25 bits per heavy atom. The highest BCUT2D eigenvalue weighted by atomic mass is 79.9. The minimum Gasteiger partial charge on any atom is -0.381 e. The fourth-order valence-corrected chi connectivity index (χ4v) is 3.86. The van der Waals surface area contributed by atoms with Gasteiger partial charge in [-0.1, -0.05) is 0 Å². The molecule has 1 amide bonds. The van der Waals surface area contributed by atoms with Crippen LogP contribution in [-0.2, 0) is 16.1 Å². The molecule has 1 aliphatic rings. The molecule has 1 atom stereocenters. The molecular weight excluding hydrogens is 392 g/mol. The molecule has 24 heavy (non-hydrogen) atoms. The standard InChI is InChI=1S/C16H25BrN4O2S/c1-20(2)15(22)9-19-16(18-8-12-6-7-23-11-12)21(3)10-13-4-5-14(17)24-13/h4-5,12H,6-11H2,1-3H3,(H,18,19). The maximum Gasteiger partial charge on any atom is 0.243 e. The van der Waals surface area contributed by atoms with Gasteiger partial charge in [-0.25, -0.2) is 4.99 Å². The van der Waals surface area contributed by atoms with Crippen molar-refractivity contribution in [2.24, 2.45) is 10.9 Å². The number of ether oxygens (including phenoxy) is 1. The first-order chi connectivity index (χ1) is 11.5. The van der Waals surface area contributed by atoms with Gasteiger partial charge in [0.1, 0.15) is 6.54 Å². The second-order valence-electron chi connectivity index (χ2n) is 6.10. The van der Waals surface area contributed by atoms with Crippen molar-refractivity contribution in [3.8, 4) is 0 Å². The number of aliphatic imine (C=N–C) groups is 1. The Bertz CT molecular complexity index is 570. The van der Waals surface area contributed by atoms with Gasteiger partial charge in [0, 0.05) is 45.1 Å². The van der Waals surface area contributed by atoms with Gasteiger partial charge in [0.15, 0.2) is 5.96 Å². The summed E-state index contributed by atoms with van der Waals surface area (Å²) in [5.74, 6) is 1.25. The van der Waals surface area contributed by atoms with Gasteiger partial charge in [0.2, 0.25) is 5.91 Å². The summed E-state index contributed by atoms with van der Waals surface area (Å²) in [5.41, 5.74) is 0. The van der Waals surface area contributed by atoms with Gasteiger partial charge >= 0.3 is 0 Å². The predicted molar refractivity (Wildman–Crippen MR) is 101 cm³/mol. The number of thiophene rings is 1. The number of likely N-dealkylation sites (N-methyl/N-ethyl adjacent to an activating group) is 1. The van der Waals surface area contributed by atoms with Gasteiger partial charge in [-0.3, -0.25) is 4.79 Å². The third kappa shape index (κ3) is 6.07. The van der Waals surface area contributed by atoms with E-state index in [1.807, 2.05) is 13.1 Å². The van der Waals surface area contributed by atoms with Crippen molar-refractivity contribution in [3.05, 3.63) is 20.8 Å². The number of carbonyl (C=O) groups excluding carboxylic acids is 1. The van der Waals surface area contributed by atoms with Crippen LogP contribution in [0, 0.1) is 5.92 Å². The summed E-state index contributed by atoms with van der Waals surface area (Å²) >= 11 is 5.19. The van der Waals surface area contributed by atoms with Gasteiger partial charge in [-0.15, -0.1) is 11.3 Å². The maximum absolute atomic E-state index is 11.8. The molecule has 0 aromatic carbocycles. The molecule has 1 aromatic heterocycles. The van der Waals surface area contributed by atoms with Gasteiger partial charge in [-0.05, 0) is 34.5 Å². The second kappa shape index (κ2) is 9.39. The number of halogens is 1. The van der Waals surface area contributed by atoms with E-state index in [1.165, 1.54) is 4.88 Å². The number of nitrogens with one attached hydrogen (secondary N) is 1. The van der Waals surface area contributed by atoms with E-state index in [2.05, 4.69) is 37.2 Å². The molecule has 0 aliphatic carbocycles. The van der Waals surface area contributed by atoms with Crippen molar-refractivity contribution >= 4 is 39.1 Å². The zero-order valence-corrected chi connectivity index (χ0v) is 16.8. The van der Waals surface area contributed by atoms with Crippen LogP contribution in [0.1, 0.15) is 11.3 Å². The predicted octanol–water partition coefficient (Wildman–Crippen LogP) is 2.01.